The fraction of sp³-hybridized carbons (Fsp3) is 0.188. The monoisotopic (exact) mass is 345 g/mol. The fourth-order valence-electron chi connectivity index (χ4n) is 2.19. The summed E-state index contributed by atoms with van der Waals surface area (Å²) in [7, 11) is 0. The number of anilines is 1. The van der Waals surface area contributed by atoms with Gasteiger partial charge in [-0.05, 0) is 31.2 Å². The van der Waals surface area contributed by atoms with Crippen LogP contribution in [0.15, 0.2) is 42.9 Å². The number of thiazole rings is 1. The third kappa shape index (κ3) is 3.96. The van der Waals surface area contributed by atoms with Crippen LogP contribution >= 0.6 is 11.3 Å². The number of halogens is 1. The number of carbonyl (C=O) groups is 1. The van der Waals surface area contributed by atoms with E-state index in [1.54, 1.807) is 40.5 Å². The smallest absolute Gasteiger partial charge is 0.319 e. The molecule has 2 N–H and O–H groups in total. The Morgan fingerprint density at radius 1 is 1.42 bits per heavy atom. The number of benzene rings is 1. The zero-order valence-corrected chi connectivity index (χ0v) is 13.8. The predicted molar refractivity (Wildman–Crippen MR) is 91.1 cm³/mol. The molecule has 2 heterocycles. The summed E-state index contributed by atoms with van der Waals surface area (Å²) < 4.78 is 15.1. The summed E-state index contributed by atoms with van der Waals surface area (Å²) in [6.07, 6.45) is 5.80. The van der Waals surface area contributed by atoms with Gasteiger partial charge in [-0.1, -0.05) is 0 Å². The molecule has 0 fully saturated rings. The number of aromatic nitrogens is 3. The minimum atomic E-state index is -0.431. The number of carbonyl (C=O) groups excluding carboxylic acids is 1. The lowest BCUT2D eigenvalue weighted by Crippen LogP contribution is -2.30. The Balaban J connectivity index is 1.62. The Morgan fingerprint density at radius 2 is 2.29 bits per heavy atom. The lowest BCUT2D eigenvalue weighted by atomic mass is 10.2. The molecule has 0 saturated heterocycles. The van der Waals surface area contributed by atoms with Crippen LogP contribution in [0, 0.1) is 12.7 Å². The van der Waals surface area contributed by atoms with Gasteiger partial charge in [0.1, 0.15) is 5.82 Å². The maximum atomic E-state index is 13.5. The van der Waals surface area contributed by atoms with Gasteiger partial charge in [0, 0.05) is 36.4 Å². The molecule has 8 heteroatoms. The van der Waals surface area contributed by atoms with Crippen LogP contribution in [0.1, 0.15) is 9.88 Å². The second-order valence-electron chi connectivity index (χ2n) is 5.11. The third-order valence-corrected chi connectivity index (χ3v) is 4.22. The van der Waals surface area contributed by atoms with Gasteiger partial charge >= 0.3 is 6.03 Å². The van der Waals surface area contributed by atoms with E-state index in [9.17, 15) is 9.18 Å². The highest BCUT2D eigenvalue weighted by Gasteiger charge is 2.10. The molecular weight excluding hydrogens is 329 g/mol. The molecule has 0 atom stereocenters. The summed E-state index contributed by atoms with van der Waals surface area (Å²) >= 11 is 1.60. The molecule has 0 saturated carbocycles. The normalized spacial score (nSPS) is 10.6. The minimum Gasteiger partial charge on any atom is -0.337 e. The Morgan fingerprint density at radius 3 is 3.00 bits per heavy atom. The second kappa shape index (κ2) is 7.22. The number of amides is 2. The molecule has 24 heavy (non-hydrogen) atoms. The van der Waals surface area contributed by atoms with Gasteiger partial charge in [0.15, 0.2) is 0 Å². The second-order valence-corrected chi connectivity index (χ2v) is 6.43. The van der Waals surface area contributed by atoms with Gasteiger partial charge in [-0.15, -0.1) is 11.3 Å². The van der Waals surface area contributed by atoms with Crippen molar-refractivity contribution in [3.05, 3.63) is 58.6 Å². The molecule has 6 nitrogen and oxygen atoms in total. The van der Waals surface area contributed by atoms with Crippen LogP contribution in [0.2, 0.25) is 0 Å². The molecule has 0 unspecified atom stereocenters. The van der Waals surface area contributed by atoms with Crippen LogP contribution in [0.4, 0.5) is 14.9 Å². The Kier molecular flexibility index (Phi) is 4.85. The Labute approximate surface area is 142 Å². The van der Waals surface area contributed by atoms with Crippen molar-refractivity contribution in [2.24, 2.45) is 0 Å². The van der Waals surface area contributed by atoms with Crippen molar-refractivity contribution < 1.29 is 9.18 Å². The van der Waals surface area contributed by atoms with E-state index in [4.69, 9.17) is 0 Å². The molecule has 0 bridgehead atoms. The maximum absolute atomic E-state index is 13.5. The summed E-state index contributed by atoms with van der Waals surface area (Å²) in [5.74, 6) is -0.431. The lowest BCUT2D eigenvalue weighted by molar-refractivity contribution is 0.252. The molecule has 3 aromatic rings. The van der Waals surface area contributed by atoms with E-state index in [0.29, 0.717) is 24.3 Å². The highest BCUT2D eigenvalue weighted by Crippen LogP contribution is 2.20. The number of urea groups is 1. The maximum Gasteiger partial charge on any atom is 0.319 e. The first-order chi connectivity index (χ1) is 11.6. The fourth-order valence-corrected chi connectivity index (χ4v) is 2.97. The van der Waals surface area contributed by atoms with Gasteiger partial charge in [-0.3, -0.25) is 0 Å². The molecule has 0 radical (unpaired) electrons. The van der Waals surface area contributed by atoms with Crippen molar-refractivity contribution in [3.8, 4) is 5.69 Å². The first-order valence-corrected chi connectivity index (χ1v) is 8.19. The molecule has 2 amide bonds. The van der Waals surface area contributed by atoms with Gasteiger partial charge in [0.2, 0.25) is 0 Å². The molecule has 124 valence electrons. The zero-order valence-electron chi connectivity index (χ0n) is 13.0. The van der Waals surface area contributed by atoms with Crippen molar-refractivity contribution in [1.29, 1.82) is 0 Å². The van der Waals surface area contributed by atoms with Crippen molar-refractivity contribution in [2.75, 3.05) is 11.9 Å². The summed E-state index contributed by atoms with van der Waals surface area (Å²) in [6.45, 7) is 2.44. The highest BCUT2D eigenvalue weighted by atomic mass is 32.1. The predicted octanol–water partition coefficient (Wildman–Crippen LogP) is 3.14. The summed E-state index contributed by atoms with van der Waals surface area (Å²) in [5, 5.41) is 10.5. The first kappa shape index (κ1) is 16.1. The van der Waals surface area contributed by atoms with E-state index >= 15 is 0 Å². The first-order valence-electron chi connectivity index (χ1n) is 7.37. The molecule has 2 aromatic heterocycles. The molecule has 0 spiro atoms. The molecule has 0 aliphatic carbocycles. The molecular formula is C16H16FN5OS. The number of hydrogen-bond acceptors (Lipinski definition) is 4. The summed E-state index contributed by atoms with van der Waals surface area (Å²) in [4.78, 5) is 17.4. The van der Waals surface area contributed by atoms with Crippen molar-refractivity contribution >= 4 is 23.1 Å². The van der Waals surface area contributed by atoms with Gasteiger partial charge < -0.3 is 10.6 Å². The number of nitrogens with one attached hydrogen (secondary N) is 2. The van der Waals surface area contributed by atoms with Crippen LogP contribution in [-0.2, 0) is 6.42 Å². The quantitative estimate of drug-likeness (QED) is 0.746. The highest BCUT2D eigenvalue weighted by molar-refractivity contribution is 7.11. The zero-order chi connectivity index (χ0) is 16.9. The van der Waals surface area contributed by atoms with Crippen molar-refractivity contribution in [2.45, 2.75) is 13.3 Å². The minimum absolute atomic E-state index is 0.348. The van der Waals surface area contributed by atoms with Gasteiger partial charge in [0.05, 0.1) is 16.4 Å². The standard InChI is InChI=1S/C16H16FN5OS/c1-11-10-19-15(24-11)5-7-18-16(23)21-13-9-12(17)3-4-14(13)22-8-2-6-20-22/h2-4,6,8-10H,5,7H2,1H3,(H2,18,21,23). The van der Waals surface area contributed by atoms with Crippen LogP contribution in [-0.4, -0.2) is 27.3 Å². The van der Waals surface area contributed by atoms with Gasteiger partial charge in [-0.2, -0.15) is 5.10 Å². The molecule has 3 rings (SSSR count). The topological polar surface area (TPSA) is 71.8 Å². The largest absolute Gasteiger partial charge is 0.337 e. The van der Waals surface area contributed by atoms with Gasteiger partial charge in [-0.25, -0.2) is 18.9 Å². The molecule has 1 aromatic carbocycles. The van der Waals surface area contributed by atoms with Crippen LogP contribution in [0.3, 0.4) is 0 Å². The van der Waals surface area contributed by atoms with Crippen LogP contribution < -0.4 is 10.6 Å². The van der Waals surface area contributed by atoms with Gasteiger partial charge in [0.25, 0.3) is 0 Å². The lowest BCUT2D eigenvalue weighted by Gasteiger charge is -2.12. The Bertz CT molecular complexity index is 831. The van der Waals surface area contributed by atoms with Crippen LogP contribution in [0.25, 0.3) is 5.69 Å². The van der Waals surface area contributed by atoms with Crippen molar-refractivity contribution in [3.63, 3.8) is 0 Å². The number of rotatable bonds is 5. The average Bonchev–Trinajstić information content (AvgIpc) is 3.19. The Hall–Kier alpha value is -2.74. The van der Waals surface area contributed by atoms with E-state index < -0.39 is 11.8 Å². The molecule has 0 aliphatic rings. The average molecular weight is 345 g/mol. The third-order valence-electron chi connectivity index (χ3n) is 3.25. The SMILES string of the molecule is Cc1cnc(CCNC(=O)Nc2cc(F)ccc2-n2cccn2)s1. The summed E-state index contributed by atoms with van der Waals surface area (Å²) in [5.41, 5.74) is 0.938. The van der Waals surface area contributed by atoms with E-state index in [1.807, 2.05) is 13.1 Å². The summed E-state index contributed by atoms with van der Waals surface area (Å²) in [6, 6.07) is 5.51. The van der Waals surface area contributed by atoms with E-state index in [-0.39, 0.29) is 0 Å². The number of hydrogen-bond donors (Lipinski definition) is 2. The van der Waals surface area contributed by atoms with E-state index in [1.165, 1.54) is 12.1 Å². The number of nitrogens with zero attached hydrogens (tertiary/aromatic N) is 3. The van der Waals surface area contributed by atoms with Crippen molar-refractivity contribution in [1.82, 2.24) is 20.1 Å². The number of aryl methyl sites for hydroxylation is 1. The van der Waals surface area contributed by atoms with Crippen LogP contribution in [0.5, 0.6) is 0 Å². The molecule has 0 aliphatic heterocycles. The van der Waals surface area contributed by atoms with E-state index in [0.717, 1.165) is 9.88 Å². The van der Waals surface area contributed by atoms with E-state index in [2.05, 4.69) is 20.7 Å².